The molecule has 3 rings (SSSR count). The van der Waals surface area contributed by atoms with Crippen molar-refractivity contribution in [3.8, 4) is 11.5 Å². The highest BCUT2D eigenvalue weighted by Crippen LogP contribution is 2.24. The van der Waals surface area contributed by atoms with Crippen molar-refractivity contribution in [2.45, 2.75) is 20.4 Å². The van der Waals surface area contributed by atoms with Crippen LogP contribution in [0.15, 0.2) is 59.0 Å². The topological polar surface area (TPSA) is 75.4 Å². The molecule has 0 spiro atoms. The van der Waals surface area contributed by atoms with E-state index in [-0.39, 0.29) is 0 Å². The molecule has 3 aromatic rings. The molecule has 6 nitrogen and oxygen atoms in total. The molecule has 0 saturated carbocycles. The second-order valence-electron chi connectivity index (χ2n) is 6.34. The molecule has 6 heteroatoms. The van der Waals surface area contributed by atoms with Crippen LogP contribution in [-0.4, -0.2) is 28.7 Å². The molecule has 2 amide bonds. The number of benzene rings is 2. The van der Waals surface area contributed by atoms with Crippen molar-refractivity contribution in [1.29, 1.82) is 0 Å². The van der Waals surface area contributed by atoms with E-state index in [0.717, 1.165) is 22.6 Å². The van der Waals surface area contributed by atoms with Crippen LogP contribution in [-0.2, 0) is 16.1 Å². The van der Waals surface area contributed by atoms with Gasteiger partial charge in [0, 0.05) is 24.8 Å². The Hall–Kier alpha value is -3.41. The molecular weight excluding hydrogens is 342 g/mol. The minimum absolute atomic E-state index is 0.363. The highest BCUT2D eigenvalue weighted by atomic mass is 16.4. The van der Waals surface area contributed by atoms with Crippen LogP contribution in [0.5, 0.6) is 0 Å². The normalized spacial score (nSPS) is 10.5. The Morgan fingerprint density at radius 2 is 1.81 bits per heavy atom. The Morgan fingerprint density at radius 1 is 1.07 bits per heavy atom. The molecule has 2 aromatic carbocycles. The Bertz CT molecular complexity index is 944. The summed E-state index contributed by atoms with van der Waals surface area (Å²) in [5.74, 6) is -0.0665. The Morgan fingerprint density at radius 3 is 2.48 bits per heavy atom. The smallest absolute Gasteiger partial charge is 0.313 e. The van der Waals surface area contributed by atoms with Crippen LogP contribution in [0, 0.1) is 13.8 Å². The van der Waals surface area contributed by atoms with Gasteiger partial charge >= 0.3 is 11.8 Å². The number of nitrogens with zero attached hydrogens (tertiary/aromatic N) is 2. The molecule has 1 aromatic heterocycles. The van der Waals surface area contributed by atoms with Crippen LogP contribution in [0.4, 0.5) is 5.69 Å². The third kappa shape index (κ3) is 4.41. The van der Waals surface area contributed by atoms with E-state index in [4.69, 9.17) is 4.42 Å². The zero-order valence-corrected chi connectivity index (χ0v) is 15.5. The lowest BCUT2D eigenvalue weighted by Gasteiger charge is -2.16. The molecule has 0 bridgehead atoms. The lowest BCUT2D eigenvalue weighted by atomic mass is 10.2. The van der Waals surface area contributed by atoms with Crippen LogP contribution in [0.3, 0.4) is 0 Å². The third-order valence-corrected chi connectivity index (χ3v) is 4.20. The first-order valence-corrected chi connectivity index (χ1v) is 8.59. The van der Waals surface area contributed by atoms with E-state index in [9.17, 15) is 9.59 Å². The molecule has 0 aliphatic heterocycles. The Labute approximate surface area is 157 Å². The first-order valence-electron chi connectivity index (χ1n) is 8.59. The fourth-order valence-electron chi connectivity index (χ4n) is 2.61. The second-order valence-corrected chi connectivity index (χ2v) is 6.34. The van der Waals surface area contributed by atoms with Gasteiger partial charge in [-0.3, -0.25) is 9.59 Å². The van der Waals surface area contributed by atoms with E-state index in [2.05, 4.69) is 10.3 Å². The monoisotopic (exact) mass is 363 g/mol. The number of anilines is 1. The summed E-state index contributed by atoms with van der Waals surface area (Å²) in [6.45, 7) is 4.08. The number of aryl methyl sites for hydroxylation is 2. The molecule has 0 unspecified atom stereocenters. The lowest BCUT2D eigenvalue weighted by Crippen LogP contribution is -2.36. The number of aromatic nitrogens is 1. The largest absolute Gasteiger partial charge is 0.441 e. The number of carbonyl (C=O) groups excluding carboxylic acids is 2. The molecule has 138 valence electrons. The first-order chi connectivity index (χ1) is 12.9. The number of likely N-dealkylation sites (N-methyl/N-ethyl adjacent to an activating group) is 1. The van der Waals surface area contributed by atoms with E-state index in [0.29, 0.717) is 18.1 Å². The summed E-state index contributed by atoms with van der Waals surface area (Å²) in [7, 11) is 1.60. The predicted octanol–water partition coefficient (Wildman–Crippen LogP) is 3.56. The molecule has 0 saturated heterocycles. The summed E-state index contributed by atoms with van der Waals surface area (Å²) in [4.78, 5) is 30.4. The molecule has 27 heavy (non-hydrogen) atoms. The average Bonchev–Trinajstić information content (AvgIpc) is 3.01. The molecule has 0 radical (unpaired) electrons. The van der Waals surface area contributed by atoms with Crippen LogP contribution in [0.1, 0.15) is 17.0 Å². The van der Waals surface area contributed by atoms with Gasteiger partial charge in [0.25, 0.3) is 0 Å². The van der Waals surface area contributed by atoms with Crippen molar-refractivity contribution < 1.29 is 14.0 Å². The van der Waals surface area contributed by atoms with Crippen molar-refractivity contribution >= 4 is 17.5 Å². The van der Waals surface area contributed by atoms with Crippen LogP contribution in [0.2, 0.25) is 0 Å². The van der Waals surface area contributed by atoms with E-state index < -0.39 is 11.8 Å². The van der Waals surface area contributed by atoms with Crippen molar-refractivity contribution in [2.75, 3.05) is 12.4 Å². The highest BCUT2D eigenvalue weighted by molar-refractivity contribution is 6.39. The van der Waals surface area contributed by atoms with Crippen LogP contribution in [0.25, 0.3) is 11.5 Å². The second kappa shape index (κ2) is 7.86. The maximum absolute atomic E-state index is 12.3. The van der Waals surface area contributed by atoms with Gasteiger partial charge in [-0.05, 0) is 37.6 Å². The van der Waals surface area contributed by atoms with Crippen molar-refractivity contribution in [1.82, 2.24) is 9.88 Å². The Kier molecular flexibility index (Phi) is 5.35. The number of amides is 2. The maximum atomic E-state index is 12.3. The van der Waals surface area contributed by atoms with Gasteiger partial charge in [0.2, 0.25) is 5.89 Å². The van der Waals surface area contributed by atoms with Crippen LogP contribution < -0.4 is 5.32 Å². The standard InChI is InChI=1S/C21H21N3O3/c1-14-15(2)27-20(22-14)17-10-7-11-18(12-17)23-19(25)21(26)24(3)13-16-8-5-4-6-9-16/h4-12H,13H2,1-3H3,(H,23,25). The highest BCUT2D eigenvalue weighted by Gasteiger charge is 2.19. The zero-order chi connectivity index (χ0) is 19.4. The average molecular weight is 363 g/mol. The number of hydrogen-bond donors (Lipinski definition) is 1. The van der Waals surface area contributed by atoms with Gasteiger partial charge in [0.15, 0.2) is 0 Å². The molecule has 0 aliphatic rings. The van der Waals surface area contributed by atoms with Gasteiger partial charge in [-0.1, -0.05) is 36.4 Å². The summed E-state index contributed by atoms with van der Waals surface area (Å²) in [5.41, 5.74) is 3.01. The lowest BCUT2D eigenvalue weighted by molar-refractivity contribution is -0.142. The van der Waals surface area contributed by atoms with Crippen LogP contribution >= 0.6 is 0 Å². The first kappa shape index (κ1) is 18.4. The summed E-state index contributed by atoms with van der Waals surface area (Å²) in [6, 6.07) is 16.6. The molecule has 0 aliphatic carbocycles. The molecule has 1 heterocycles. The van der Waals surface area contributed by atoms with E-state index in [1.807, 2.05) is 50.2 Å². The molecule has 0 fully saturated rings. The maximum Gasteiger partial charge on any atom is 0.313 e. The van der Waals surface area contributed by atoms with Crippen molar-refractivity contribution in [2.24, 2.45) is 0 Å². The Balaban J connectivity index is 1.68. The van der Waals surface area contributed by atoms with Gasteiger partial charge in [-0.2, -0.15) is 0 Å². The summed E-state index contributed by atoms with van der Waals surface area (Å²) in [5, 5.41) is 2.64. The summed E-state index contributed by atoms with van der Waals surface area (Å²) < 4.78 is 5.61. The van der Waals surface area contributed by atoms with Gasteiger partial charge < -0.3 is 14.6 Å². The molecular formula is C21H21N3O3. The molecule has 0 atom stereocenters. The third-order valence-electron chi connectivity index (χ3n) is 4.20. The quantitative estimate of drug-likeness (QED) is 0.719. The van der Waals surface area contributed by atoms with Gasteiger partial charge in [0.1, 0.15) is 5.76 Å². The molecule has 1 N–H and O–H groups in total. The zero-order valence-electron chi connectivity index (χ0n) is 15.5. The number of rotatable bonds is 4. The summed E-state index contributed by atoms with van der Waals surface area (Å²) in [6.07, 6.45) is 0. The fourth-order valence-corrected chi connectivity index (χ4v) is 2.61. The fraction of sp³-hybridized carbons (Fsp3) is 0.190. The number of nitrogens with one attached hydrogen (secondary N) is 1. The van der Waals surface area contributed by atoms with Gasteiger partial charge in [-0.25, -0.2) is 4.98 Å². The minimum atomic E-state index is -0.689. The van der Waals surface area contributed by atoms with Crippen molar-refractivity contribution in [3.63, 3.8) is 0 Å². The SMILES string of the molecule is Cc1nc(-c2cccc(NC(=O)C(=O)N(C)Cc3ccccc3)c2)oc1C. The van der Waals surface area contributed by atoms with Gasteiger partial charge in [0.05, 0.1) is 5.69 Å². The van der Waals surface area contributed by atoms with Crippen molar-refractivity contribution in [3.05, 3.63) is 71.6 Å². The predicted molar refractivity (Wildman–Crippen MR) is 103 cm³/mol. The van der Waals surface area contributed by atoms with E-state index in [1.54, 1.807) is 25.2 Å². The minimum Gasteiger partial charge on any atom is -0.441 e. The number of carbonyl (C=O) groups is 2. The number of hydrogen-bond acceptors (Lipinski definition) is 4. The van der Waals surface area contributed by atoms with E-state index in [1.165, 1.54) is 4.90 Å². The van der Waals surface area contributed by atoms with Gasteiger partial charge in [-0.15, -0.1) is 0 Å². The number of oxazole rings is 1. The summed E-state index contributed by atoms with van der Waals surface area (Å²) >= 11 is 0. The van der Waals surface area contributed by atoms with E-state index >= 15 is 0 Å².